The van der Waals surface area contributed by atoms with Crippen LogP contribution in [0.1, 0.15) is 10.4 Å². The number of carbonyl (C=O) groups is 1. The molecule has 0 atom stereocenters. The summed E-state index contributed by atoms with van der Waals surface area (Å²) in [5.41, 5.74) is -0.862. The van der Waals surface area contributed by atoms with Crippen LogP contribution in [-0.4, -0.2) is 40.5 Å². The second-order valence-electron chi connectivity index (χ2n) is 2.94. The highest BCUT2D eigenvalue weighted by atomic mass is 32.2. The van der Waals surface area contributed by atoms with Crippen LogP contribution >= 0.6 is 11.8 Å². The van der Waals surface area contributed by atoms with E-state index in [-0.39, 0.29) is 5.56 Å². The number of methoxy groups -OCH3 is 1. The van der Waals surface area contributed by atoms with Crippen molar-refractivity contribution in [3.63, 3.8) is 0 Å². The number of nitrogens with zero attached hydrogens (tertiary/aromatic N) is 2. The first-order chi connectivity index (χ1) is 8.06. The second kappa shape index (κ2) is 6.16. The lowest BCUT2D eigenvalue weighted by atomic mass is 10.2. The van der Waals surface area contributed by atoms with Gasteiger partial charge in [0.25, 0.3) is 0 Å². The molecule has 0 aliphatic rings. The Labute approximate surface area is 101 Å². The van der Waals surface area contributed by atoms with Crippen molar-refractivity contribution >= 4 is 23.4 Å². The molecule has 0 spiro atoms. The number of aromatic carboxylic acids is 1. The van der Waals surface area contributed by atoms with Gasteiger partial charge < -0.3 is 9.84 Å². The SMILES string of the molecule is COCCSc1cc(C(=O)O)c([N+](=O)[O-])cn1. The normalized spacial score (nSPS) is 10.2. The average Bonchev–Trinajstić information content (AvgIpc) is 2.29. The molecule has 8 heteroatoms. The molecule has 17 heavy (non-hydrogen) atoms. The van der Waals surface area contributed by atoms with Gasteiger partial charge in [-0.25, -0.2) is 9.78 Å². The summed E-state index contributed by atoms with van der Waals surface area (Å²) in [6, 6.07) is 1.20. The third-order valence-corrected chi connectivity index (χ3v) is 2.71. The first-order valence-electron chi connectivity index (χ1n) is 4.55. The maximum absolute atomic E-state index is 10.8. The van der Waals surface area contributed by atoms with Crippen LogP contribution in [0.15, 0.2) is 17.3 Å². The van der Waals surface area contributed by atoms with Crippen molar-refractivity contribution in [1.82, 2.24) is 4.98 Å². The van der Waals surface area contributed by atoms with Crippen molar-refractivity contribution in [2.45, 2.75) is 5.03 Å². The monoisotopic (exact) mass is 258 g/mol. The Morgan fingerprint density at radius 1 is 1.71 bits per heavy atom. The molecule has 1 rings (SSSR count). The molecule has 0 aliphatic heterocycles. The van der Waals surface area contributed by atoms with Crippen LogP contribution in [-0.2, 0) is 4.74 Å². The second-order valence-corrected chi connectivity index (χ2v) is 4.06. The molecule has 0 unspecified atom stereocenters. The van der Waals surface area contributed by atoms with E-state index in [0.717, 1.165) is 6.20 Å². The molecule has 1 heterocycles. The molecule has 0 amide bonds. The van der Waals surface area contributed by atoms with E-state index in [1.807, 2.05) is 0 Å². The summed E-state index contributed by atoms with van der Waals surface area (Å²) in [7, 11) is 1.55. The standard InChI is InChI=1S/C9H10N2O5S/c1-16-2-3-17-8-4-6(9(12)13)7(5-10-8)11(14)15/h4-5H,2-3H2,1H3,(H,12,13). The van der Waals surface area contributed by atoms with E-state index in [1.54, 1.807) is 7.11 Å². The lowest BCUT2D eigenvalue weighted by molar-refractivity contribution is -0.385. The Hall–Kier alpha value is -1.67. The van der Waals surface area contributed by atoms with Gasteiger partial charge in [0.15, 0.2) is 0 Å². The number of aromatic nitrogens is 1. The number of carboxylic acid groups (broad SMARTS) is 1. The van der Waals surface area contributed by atoms with E-state index in [4.69, 9.17) is 9.84 Å². The van der Waals surface area contributed by atoms with Crippen molar-refractivity contribution in [1.29, 1.82) is 0 Å². The Morgan fingerprint density at radius 2 is 2.41 bits per heavy atom. The Morgan fingerprint density at radius 3 is 2.94 bits per heavy atom. The molecule has 0 saturated heterocycles. The minimum Gasteiger partial charge on any atom is -0.477 e. The van der Waals surface area contributed by atoms with E-state index < -0.39 is 16.6 Å². The van der Waals surface area contributed by atoms with Gasteiger partial charge in [0.2, 0.25) is 0 Å². The molecular weight excluding hydrogens is 248 g/mol. The highest BCUT2D eigenvalue weighted by molar-refractivity contribution is 7.99. The van der Waals surface area contributed by atoms with Gasteiger partial charge >= 0.3 is 11.7 Å². The summed E-state index contributed by atoms with van der Waals surface area (Å²) in [5, 5.41) is 19.8. The number of rotatable bonds is 6. The Balaban J connectivity index is 2.94. The highest BCUT2D eigenvalue weighted by Gasteiger charge is 2.20. The third-order valence-electron chi connectivity index (χ3n) is 1.82. The highest BCUT2D eigenvalue weighted by Crippen LogP contribution is 2.23. The lowest BCUT2D eigenvalue weighted by Crippen LogP contribution is -2.04. The first kappa shape index (κ1) is 13.4. The Bertz CT molecular complexity index is 437. The minimum atomic E-state index is -1.34. The summed E-state index contributed by atoms with van der Waals surface area (Å²) in [5.74, 6) is -0.743. The van der Waals surface area contributed by atoms with Gasteiger partial charge in [0.05, 0.1) is 16.6 Å². The summed E-state index contributed by atoms with van der Waals surface area (Å²) >= 11 is 1.27. The predicted octanol–water partition coefficient (Wildman–Crippen LogP) is 1.43. The predicted molar refractivity (Wildman–Crippen MR) is 60.5 cm³/mol. The fraction of sp³-hybridized carbons (Fsp3) is 0.333. The molecule has 92 valence electrons. The number of carboxylic acids is 1. The number of thioether (sulfide) groups is 1. The van der Waals surface area contributed by atoms with Crippen LogP contribution in [0.25, 0.3) is 0 Å². The quantitative estimate of drug-likeness (QED) is 0.356. The molecule has 1 N–H and O–H groups in total. The van der Waals surface area contributed by atoms with E-state index in [9.17, 15) is 14.9 Å². The van der Waals surface area contributed by atoms with Crippen molar-refractivity contribution in [2.75, 3.05) is 19.5 Å². The molecule has 0 bridgehead atoms. The molecule has 0 aromatic carbocycles. The summed E-state index contributed by atoms with van der Waals surface area (Å²) < 4.78 is 4.83. The van der Waals surface area contributed by atoms with Crippen molar-refractivity contribution in [3.8, 4) is 0 Å². The van der Waals surface area contributed by atoms with E-state index in [0.29, 0.717) is 17.4 Å². The molecule has 0 fully saturated rings. The van der Waals surface area contributed by atoms with Gasteiger partial charge in [-0.05, 0) is 6.07 Å². The van der Waals surface area contributed by atoms with Crippen molar-refractivity contribution < 1.29 is 19.6 Å². The van der Waals surface area contributed by atoms with Gasteiger partial charge in [-0.3, -0.25) is 10.1 Å². The smallest absolute Gasteiger partial charge is 0.342 e. The van der Waals surface area contributed by atoms with Crippen molar-refractivity contribution in [2.24, 2.45) is 0 Å². The zero-order chi connectivity index (χ0) is 12.8. The van der Waals surface area contributed by atoms with Crippen LogP contribution in [0.2, 0.25) is 0 Å². The van der Waals surface area contributed by atoms with Gasteiger partial charge in [-0.2, -0.15) is 0 Å². The van der Waals surface area contributed by atoms with E-state index in [1.165, 1.54) is 17.8 Å². The molecule has 0 radical (unpaired) electrons. The molecule has 1 aromatic rings. The molecular formula is C9H10N2O5S. The fourth-order valence-corrected chi connectivity index (χ4v) is 1.84. The minimum absolute atomic E-state index is 0.357. The van der Waals surface area contributed by atoms with Crippen LogP contribution in [0.4, 0.5) is 5.69 Å². The summed E-state index contributed by atoms with van der Waals surface area (Å²) in [6.07, 6.45) is 0.957. The van der Waals surface area contributed by atoms with Crippen LogP contribution in [0.5, 0.6) is 0 Å². The number of hydrogen-bond acceptors (Lipinski definition) is 6. The largest absolute Gasteiger partial charge is 0.477 e. The zero-order valence-electron chi connectivity index (χ0n) is 8.95. The topological polar surface area (TPSA) is 103 Å². The number of hydrogen-bond donors (Lipinski definition) is 1. The molecule has 1 aromatic heterocycles. The van der Waals surface area contributed by atoms with Crippen LogP contribution in [0, 0.1) is 10.1 Å². The van der Waals surface area contributed by atoms with Gasteiger partial charge in [-0.15, -0.1) is 11.8 Å². The maximum atomic E-state index is 10.8. The fourth-order valence-electron chi connectivity index (χ4n) is 1.05. The Kier molecular flexibility index (Phi) is 4.85. The third kappa shape index (κ3) is 3.68. The first-order valence-corrected chi connectivity index (χ1v) is 5.54. The number of pyridine rings is 1. The van der Waals surface area contributed by atoms with Crippen LogP contribution < -0.4 is 0 Å². The number of ether oxygens (including phenoxy) is 1. The zero-order valence-corrected chi connectivity index (χ0v) is 9.77. The molecule has 0 saturated carbocycles. The van der Waals surface area contributed by atoms with Gasteiger partial charge in [0.1, 0.15) is 11.8 Å². The van der Waals surface area contributed by atoms with Crippen LogP contribution in [0.3, 0.4) is 0 Å². The number of nitro groups is 1. The van der Waals surface area contributed by atoms with E-state index >= 15 is 0 Å². The van der Waals surface area contributed by atoms with E-state index in [2.05, 4.69) is 4.98 Å². The summed E-state index contributed by atoms with van der Waals surface area (Å²) in [6.45, 7) is 0.492. The van der Waals surface area contributed by atoms with Gasteiger partial charge in [0, 0.05) is 12.9 Å². The van der Waals surface area contributed by atoms with Crippen molar-refractivity contribution in [3.05, 3.63) is 27.9 Å². The average molecular weight is 258 g/mol. The van der Waals surface area contributed by atoms with Gasteiger partial charge in [-0.1, -0.05) is 0 Å². The lowest BCUT2D eigenvalue weighted by Gasteiger charge is -2.02. The summed E-state index contributed by atoms with van der Waals surface area (Å²) in [4.78, 5) is 24.5. The molecule has 7 nitrogen and oxygen atoms in total. The molecule has 0 aliphatic carbocycles. The maximum Gasteiger partial charge on any atom is 0.342 e.